The van der Waals surface area contributed by atoms with Crippen molar-refractivity contribution in [1.29, 1.82) is 0 Å². The highest BCUT2D eigenvalue weighted by Gasteiger charge is 2.21. The third-order valence-corrected chi connectivity index (χ3v) is 6.23. The van der Waals surface area contributed by atoms with Gasteiger partial charge in [0.2, 0.25) is 0 Å². The van der Waals surface area contributed by atoms with Gasteiger partial charge in [0, 0.05) is 34.3 Å². The molecule has 0 aliphatic rings. The molecule has 1 N–H and O–H groups in total. The van der Waals surface area contributed by atoms with Gasteiger partial charge in [-0.2, -0.15) is 8.42 Å². The van der Waals surface area contributed by atoms with E-state index >= 15 is 0 Å². The normalized spacial score (nSPS) is 11.7. The van der Waals surface area contributed by atoms with Crippen LogP contribution in [0.25, 0.3) is 10.8 Å². The first-order valence-electron chi connectivity index (χ1n) is 9.48. The molecular formula is C23H15ClN2O6S. The molecule has 0 amide bonds. The second-order valence-corrected chi connectivity index (χ2v) is 8.84. The lowest BCUT2D eigenvalue weighted by Gasteiger charge is -2.11. The van der Waals surface area contributed by atoms with Crippen molar-refractivity contribution in [3.05, 3.63) is 99.6 Å². The average molecular weight is 483 g/mol. The van der Waals surface area contributed by atoms with Gasteiger partial charge in [-0.3, -0.25) is 15.1 Å². The molecule has 0 fully saturated rings. The van der Waals surface area contributed by atoms with Gasteiger partial charge in [0.1, 0.15) is 16.3 Å². The second-order valence-electron chi connectivity index (χ2n) is 6.89. The van der Waals surface area contributed by atoms with Crippen molar-refractivity contribution in [3.8, 4) is 11.5 Å². The summed E-state index contributed by atoms with van der Waals surface area (Å²) in [6.07, 6.45) is 1.16. The van der Waals surface area contributed by atoms with Crippen molar-refractivity contribution < 1.29 is 22.6 Å². The van der Waals surface area contributed by atoms with E-state index in [-0.39, 0.29) is 38.4 Å². The van der Waals surface area contributed by atoms with Crippen LogP contribution in [0, 0.1) is 10.1 Å². The van der Waals surface area contributed by atoms with E-state index in [2.05, 4.69) is 4.99 Å². The van der Waals surface area contributed by atoms with Crippen molar-refractivity contribution in [3.63, 3.8) is 0 Å². The predicted molar refractivity (Wildman–Crippen MR) is 125 cm³/mol. The molecule has 4 aromatic carbocycles. The first-order valence-corrected chi connectivity index (χ1v) is 11.3. The highest BCUT2D eigenvalue weighted by molar-refractivity contribution is 7.87. The molecule has 8 nitrogen and oxygen atoms in total. The number of rotatable bonds is 6. The van der Waals surface area contributed by atoms with Gasteiger partial charge in [-0.15, -0.1) is 0 Å². The van der Waals surface area contributed by atoms with Crippen LogP contribution >= 0.6 is 11.6 Å². The molecule has 0 aromatic heterocycles. The molecule has 0 spiro atoms. The summed E-state index contributed by atoms with van der Waals surface area (Å²) in [5.74, 6) is -0.342. The molecule has 33 heavy (non-hydrogen) atoms. The number of nitrogens with zero attached hydrogens (tertiary/aromatic N) is 2. The van der Waals surface area contributed by atoms with Gasteiger partial charge in [-0.25, -0.2) is 0 Å². The Morgan fingerprint density at radius 3 is 2.55 bits per heavy atom. The number of aromatic hydroxyl groups is 1. The number of hydrogen-bond acceptors (Lipinski definition) is 7. The average Bonchev–Trinajstić information content (AvgIpc) is 2.79. The minimum atomic E-state index is -4.24. The maximum atomic E-state index is 13.1. The summed E-state index contributed by atoms with van der Waals surface area (Å²) in [6.45, 7) is 0. The third-order valence-electron chi connectivity index (χ3n) is 4.70. The lowest BCUT2D eigenvalue weighted by molar-refractivity contribution is -0.384. The van der Waals surface area contributed by atoms with Gasteiger partial charge in [0.15, 0.2) is 5.75 Å². The topological polar surface area (TPSA) is 119 Å². The first kappa shape index (κ1) is 22.3. The van der Waals surface area contributed by atoms with Gasteiger partial charge in [-0.05, 0) is 35.7 Å². The van der Waals surface area contributed by atoms with Gasteiger partial charge < -0.3 is 9.29 Å². The molecule has 0 aliphatic carbocycles. The van der Waals surface area contributed by atoms with Crippen molar-refractivity contribution in [2.24, 2.45) is 4.99 Å². The number of phenols is 1. The Morgan fingerprint density at radius 2 is 1.76 bits per heavy atom. The molecule has 0 radical (unpaired) electrons. The van der Waals surface area contributed by atoms with E-state index in [1.165, 1.54) is 30.3 Å². The summed E-state index contributed by atoms with van der Waals surface area (Å²) in [4.78, 5) is 14.5. The zero-order valence-corrected chi connectivity index (χ0v) is 18.3. The Kier molecular flexibility index (Phi) is 5.99. The lowest BCUT2D eigenvalue weighted by Crippen LogP contribution is -2.10. The Morgan fingerprint density at radius 1 is 1.00 bits per heavy atom. The highest BCUT2D eigenvalue weighted by Crippen LogP contribution is 2.34. The predicted octanol–water partition coefficient (Wildman–Crippen LogP) is 5.63. The molecule has 166 valence electrons. The number of halogens is 1. The summed E-state index contributed by atoms with van der Waals surface area (Å²) in [7, 11) is -4.24. The Labute approximate surface area is 193 Å². The molecule has 0 unspecified atom stereocenters. The van der Waals surface area contributed by atoms with Crippen molar-refractivity contribution in [2.45, 2.75) is 4.90 Å². The number of aliphatic imine (C=N–C) groups is 1. The molecule has 4 aromatic rings. The van der Waals surface area contributed by atoms with E-state index in [9.17, 15) is 23.6 Å². The molecule has 0 aliphatic heterocycles. The minimum Gasteiger partial charge on any atom is -0.507 e. The molecule has 0 heterocycles. The van der Waals surface area contributed by atoms with E-state index in [1.807, 2.05) is 0 Å². The number of fused-ring (bicyclic) bond motifs is 1. The molecule has 4 rings (SSSR count). The zero-order chi connectivity index (χ0) is 23.6. The zero-order valence-electron chi connectivity index (χ0n) is 16.8. The summed E-state index contributed by atoms with van der Waals surface area (Å²) >= 11 is 6.05. The number of nitro benzene ring substituents is 1. The summed E-state index contributed by atoms with van der Waals surface area (Å²) in [5.41, 5.74) is -0.125. The van der Waals surface area contributed by atoms with Crippen LogP contribution in [-0.2, 0) is 10.1 Å². The fourth-order valence-electron chi connectivity index (χ4n) is 3.14. The van der Waals surface area contributed by atoms with E-state index < -0.39 is 15.0 Å². The van der Waals surface area contributed by atoms with Gasteiger partial charge >= 0.3 is 10.1 Å². The van der Waals surface area contributed by atoms with E-state index in [0.29, 0.717) is 5.39 Å². The molecule has 10 heteroatoms. The standard InChI is InChI=1S/C23H15ClN2O6S/c24-17-8-11-22(20(13-17)25-14-16-12-18(26(28)29)9-10-21(16)27)32-33(30,31)23-7-3-5-15-4-1-2-6-19(15)23/h1-14,27H. The highest BCUT2D eigenvalue weighted by atomic mass is 35.5. The molecular weight excluding hydrogens is 468 g/mol. The van der Waals surface area contributed by atoms with E-state index in [1.54, 1.807) is 36.4 Å². The fraction of sp³-hybridized carbons (Fsp3) is 0. The van der Waals surface area contributed by atoms with Crippen LogP contribution in [-0.4, -0.2) is 24.7 Å². The molecule has 0 saturated carbocycles. The summed E-state index contributed by atoms with van der Waals surface area (Å²) < 4.78 is 31.5. The van der Waals surface area contributed by atoms with Crippen LogP contribution in [0.15, 0.2) is 88.8 Å². The smallest absolute Gasteiger partial charge is 0.339 e. The number of phenolic OH excluding ortho intramolecular Hbond substituents is 1. The van der Waals surface area contributed by atoms with Crippen LogP contribution in [0.3, 0.4) is 0 Å². The van der Waals surface area contributed by atoms with Crippen LogP contribution in [0.4, 0.5) is 11.4 Å². The quantitative estimate of drug-likeness (QED) is 0.165. The SMILES string of the molecule is O=[N+]([O-])c1ccc(O)c(C=Nc2cc(Cl)ccc2OS(=O)(=O)c2cccc3ccccc23)c1. The fourth-order valence-corrected chi connectivity index (χ4v) is 4.47. The van der Waals surface area contributed by atoms with Crippen molar-refractivity contribution in [2.75, 3.05) is 0 Å². The summed E-state index contributed by atoms with van der Waals surface area (Å²) in [6, 6.07) is 19.5. The maximum Gasteiger partial charge on any atom is 0.339 e. The third kappa shape index (κ3) is 4.79. The summed E-state index contributed by atoms with van der Waals surface area (Å²) in [5, 5.41) is 22.5. The largest absolute Gasteiger partial charge is 0.507 e. The number of hydrogen-bond donors (Lipinski definition) is 1. The monoisotopic (exact) mass is 482 g/mol. The molecule has 0 atom stereocenters. The van der Waals surface area contributed by atoms with Crippen LogP contribution < -0.4 is 4.18 Å². The number of nitro groups is 1. The molecule has 0 saturated heterocycles. The van der Waals surface area contributed by atoms with Crippen LogP contribution in [0.1, 0.15) is 5.56 Å². The van der Waals surface area contributed by atoms with Crippen LogP contribution in [0.2, 0.25) is 5.02 Å². The van der Waals surface area contributed by atoms with Gasteiger partial charge in [0.25, 0.3) is 5.69 Å². The van der Waals surface area contributed by atoms with E-state index in [0.717, 1.165) is 23.7 Å². The Bertz CT molecular complexity index is 1510. The lowest BCUT2D eigenvalue weighted by atomic mass is 10.1. The minimum absolute atomic E-state index is 0.0122. The van der Waals surface area contributed by atoms with Gasteiger partial charge in [-0.1, -0.05) is 48.0 Å². The molecule has 0 bridgehead atoms. The number of non-ortho nitro benzene ring substituents is 1. The number of benzene rings is 4. The van der Waals surface area contributed by atoms with Gasteiger partial charge in [0.05, 0.1) is 4.92 Å². The van der Waals surface area contributed by atoms with E-state index in [4.69, 9.17) is 15.8 Å². The second kappa shape index (κ2) is 8.89. The van der Waals surface area contributed by atoms with Crippen LogP contribution in [0.5, 0.6) is 11.5 Å². The van der Waals surface area contributed by atoms with Crippen molar-refractivity contribution in [1.82, 2.24) is 0 Å². The first-order chi connectivity index (χ1) is 15.7. The maximum absolute atomic E-state index is 13.1. The Hall–Kier alpha value is -3.95. The Balaban J connectivity index is 1.73. The van der Waals surface area contributed by atoms with Crippen molar-refractivity contribution >= 4 is 50.1 Å².